The molecule has 0 aromatic heterocycles. The van der Waals surface area contributed by atoms with Crippen molar-refractivity contribution >= 4 is 23.3 Å². The van der Waals surface area contributed by atoms with Crippen molar-refractivity contribution in [3.8, 4) is 16.9 Å². The van der Waals surface area contributed by atoms with Gasteiger partial charge in [0.15, 0.2) is 0 Å². The highest BCUT2D eigenvalue weighted by molar-refractivity contribution is 6.32. The molecule has 2 N–H and O–H groups in total. The Balaban J connectivity index is 2.19. The van der Waals surface area contributed by atoms with E-state index in [4.69, 9.17) is 21.1 Å². The van der Waals surface area contributed by atoms with E-state index in [2.05, 4.69) is 10.5 Å². The van der Waals surface area contributed by atoms with Crippen LogP contribution in [-0.4, -0.2) is 31.1 Å². The third-order valence-corrected chi connectivity index (χ3v) is 4.75. The summed E-state index contributed by atoms with van der Waals surface area (Å²) in [5, 5.41) is 15.9. The number of methoxy groups -OCH3 is 2. The number of rotatable bonds is 4. The van der Waals surface area contributed by atoms with Gasteiger partial charge >= 0.3 is 5.97 Å². The zero-order chi connectivity index (χ0) is 20.3. The predicted octanol–water partition coefficient (Wildman–Crippen LogP) is 4.08. The first-order valence-corrected chi connectivity index (χ1v) is 8.76. The Morgan fingerprint density at radius 1 is 1.29 bits per heavy atom. The van der Waals surface area contributed by atoms with E-state index < -0.39 is 17.8 Å². The zero-order valence-corrected chi connectivity index (χ0v) is 16.0. The lowest BCUT2D eigenvalue weighted by atomic mass is 9.89. The van der Waals surface area contributed by atoms with Crippen molar-refractivity contribution in [2.45, 2.75) is 12.5 Å². The molecule has 3 rings (SSSR count). The fourth-order valence-electron chi connectivity index (χ4n) is 3.20. The number of carbonyl (C=O) groups is 1. The molecule has 0 saturated carbocycles. The van der Waals surface area contributed by atoms with Crippen molar-refractivity contribution in [1.29, 1.82) is 0 Å². The van der Waals surface area contributed by atoms with Crippen molar-refractivity contribution in [3.63, 3.8) is 0 Å². The fourth-order valence-corrected chi connectivity index (χ4v) is 3.44. The Kier molecular flexibility index (Phi) is 5.84. The van der Waals surface area contributed by atoms with Gasteiger partial charge in [0.25, 0.3) is 0 Å². The number of hydrogen-bond acceptors (Lipinski definition) is 6. The van der Waals surface area contributed by atoms with Gasteiger partial charge in [-0.1, -0.05) is 41.0 Å². The molecule has 6 nitrogen and oxygen atoms in total. The summed E-state index contributed by atoms with van der Waals surface area (Å²) in [7, 11) is 2.70. The van der Waals surface area contributed by atoms with Gasteiger partial charge in [0.1, 0.15) is 17.3 Å². The highest BCUT2D eigenvalue weighted by Crippen LogP contribution is 2.43. The monoisotopic (exact) mass is 404 g/mol. The van der Waals surface area contributed by atoms with Crippen LogP contribution < -0.4 is 10.1 Å². The molecule has 0 amide bonds. The molecule has 1 heterocycles. The number of carbonyl (C=O) groups excluding carboxylic acids is 1. The van der Waals surface area contributed by atoms with Crippen LogP contribution in [0.5, 0.6) is 5.75 Å². The van der Waals surface area contributed by atoms with Crippen LogP contribution >= 0.6 is 11.6 Å². The lowest BCUT2D eigenvalue weighted by Gasteiger charge is -2.28. The Morgan fingerprint density at radius 2 is 2.04 bits per heavy atom. The van der Waals surface area contributed by atoms with Crippen LogP contribution in [0.25, 0.3) is 11.1 Å². The lowest BCUT2D eigenvalue weighted by Crippen LogP contribution is -2.33. The summed E-state index contributed by atoms with van der Waals surface area (Å²) in [5.41, 5.74) is 1.78. The van der Waals surface area contributed by atoms with E-state index in [1.807, 2.05) is 0 Å². The Hall–Kier alpha value is -3.06. The van der Waals surface area contributed by atoms with Crippen molar-refractivity contribution in [2.75, 3.05) is 14.2 Å². The second-order valence-corrected chi connectivity index (χ2v) is 6.47. The van der Waals surface area contributed by atoms with E-state index in [0.717, 1.165) is 0 Å². The highest BCUT2D eigenvalue weighted by Gasteiger charge is 2.29. The number of esters is 1. The molecule has 2 aromatic rings. The van der Waals surface area contributed by atoms with Gasteiger partial charge in [0.2, 0.25) is 0 Å². The first kappa shape index (κ1) is 19.7. The van der Waals surface area contributed by atoms with Gasteiger partial charge in [0, 0.05) is 17.5 Å². The number of halogens is 2. The van der Waals surface area contributed by atoms with Crippen LogP contribution in [0, 0.1) is 5.82 Å². The van der Waals surface area contributed by atoms with Crippen molar-refractivity contribution < 1.29 is 23.9 Å². The van der Waals surface area contributed by atoms with E-state index >= 15 is 0 Å². The number of nitrogens with one attached hydrogen (secondary N) is 1. The standard InChI is InChI=1S/C20H18ClFN2O4/c1-27-19-14(21)8-7-13(18(19)12-5-3-4-6-15(12)22)16-9-11(24-26)10-17(23-16)20(25)28-2/h3-8,10,16,23,26H,9H2,1-2H3/b24-11+. The average Bonchev–Trinajstić information content (AvgIpc) is 2.72. The van der Waals surface area contributed by atoms with Crippen LogP contribution in [0.3, 0.4) is 0 Å². The van der Waals surface area contributed by atoms with Crippen molar-refractivity contribution in [2.24, 2.45) is 5.16 Å². The van der Waals surface area contributed by atoms with Gasteiger partial charge in [-0.3, -0.25) is 0 Å². The number of benzene rings is 2. The van der Waals surface area contributed by atoms with Gasteiger partial charge in [-0.15, -0.1) is 0 Å². The number of nitrogens with zero attached hydrogens (tertiary/aromatic N) is 1. The van der Waals surface area contributed by atoms with Crippen LogP contribution in [0.2, 0.25) is 5.02 Å². The van der Waals surface area contributed by atoms with Gasteiger partial charge < -0.3 is 20.0 Å². The Bertz CT molecular complexity index is 975. The SMILES string of the molecule is COC(=O)C1=C/C(=N/O)CC(c2ccc(Cl)c(OC)c2-c2ccccc2F)N1. The predicted molar refractivity (Wildman–Crippen MR) is 103 cm³/mol. The quantitative estimate of drug-likeness (QED) is 0.456. The molecule has 8 heteroatoms. The van der Waals surface area contributed by atoms with E-state index in [-0.39, 0.29) is 17.8 Å². The Labute approximate surface area is 166 Å². The van der Waals surface area contributed by atoms with Gasteiger partial charge in [0.05, 0.1) is 31.0 Å². The van der Waals surface area contributed by atoms with E-state index in [1.165, 1.54) is 26.4 Å². The minimum absolute atomic E-state index is 0.125. The topological polar surface area (TPSA) is 80.2 Å². The van der Waals surface area contributed by atoms with Crippen LogP contribution in [0.4, 0.5) is 4.39 Å². The summed E-state index contributed by atoms with van der Waals surface area (Å²) in [4.78, 5) is 12.0. The van der Waals surface area contributed by atoms with E-state index in [1.54, 1.807) is 30.3 Å². The summed E-state index contributed by atoms with van der Waals surface area (Å²) >= 11 is 6.28. The van der Waals surface area contributed by atoms with Crippen LogP contribution in [0.1, 0.15) is 18.0 Å². The zero-order valence-electron chi connectivity index (χ0n) is 15.2. The minimum atomic E-state index is -0.612. The first-order valence-electron chi connectivity index (χ1n) is 8.38. The molecule has 1 aliphatic heterocycles. The van der Waals surface area contributed by atoms with Gasteiger partial charge in [-0.25, -0.2) is 9.18 Å². The maximum Gasteiger partial charge on any atom is 0.354 e. The maximum absolute atomic E-state index is 14.6. The first-order chi connectivity index (χ1) is 13.5. The van der Waals surface area contributed by atoms with Gasteiger partial charge in [-0.2, -0.15) is 0 Å². The molecular formula is C20H18ClFN2O4. The summed E-state index contributed by atoms with van der Waals surface area (Å²) in [5.74, 6) is -0.748. The molecule has 0 spiro atoms. The van der Waals surface area contributed by atoms with Crippen LogP contribution in [-0.2, 0) is 9.53 Å². The Morgan fingerprint density at radius 3 is 2.68 bits per heavy atom. The third kappa shape index (κ3) is 3.66. The van der Waals surface area contributed by atoms with E-state index in [0.29, 0.717) is 27.5 Å². The molecule has 0 aliphatic carbocycles. The molecule has 146 valence electrons. The molecule has 0 saturated heterocycles. The normalized spacial score (nSPS) is 17.6. The lowest BCUT2D eigenvalue weighted by molar-refractivity contribution is -0.136. The molecule has 0 bridgehead atoms. The summed E-state index contributed by atoms with van der Waals surface area (Å²) < 4.78 is 24.8. The number of ether oxygens (including phenoxy) is 2. The van der Waals surface area contributed by atoms with Crippen molar-refractivity contribution in [3.05, 3.63) is 64.6 Å². The molecule has 2 aromatic carbocycles. The largest absolute Gasteiger partial charge is 0.495 e. The summed E-state index contributed by atoms with van der Waals surface area (Å²) in [6.45, 7) is 0. The minimum Gasteiger partial charge on any atom is -0.495 e. The molecule has 1 aliphatic rings. The molecule has 0 fully saturated rings. The van der Waals surface area contributed by atoms with E-state index in [9.17, 15) is 14.4 Å². The maximum atomic E-state index is 14.6. The summed E-state index contributed by atoms with van der Waals surface area (Å²) in [6, 6.07) is 9.10. The average molecular weight is 405 g/mol. The molecular weight excluding hydrogens is 387 g/mol. The molecule has 28 heavy (non-hydrogen) atoms. The molecule has 1 atom stereocenters. The smallest absolute Gasteiger partial charge is 0.354 e. The van der Waals surface area contributed by atoms with Crippen LogP contribution in [0.15, 0.2) is 53.3 Å². The summed E-state index contributed by atoms with van der Waals surface area (Å²) in [6.07, 6.45) is 1.65. The third-order valence-electron chi connectivity index (χ3n) is 4.45. The second-order valence-electron chi connectivity index (χ2n) is 6.07. The molecule has 0 radical (unpaired) electrons. The van der Waals surface area contributed by atoms with Gasteiger partial charge in [-0.05, 0) is 23.8 Å². The number of allylic oxidation sites excluding steroid dienone is 1. The number of hydrogen-bond donors (Lipinski definition) is 2. The molecule has 1 unspecified atom stereocenters. The highest BCUT2D eigenvalue weighted by atomic mass is 35.5. The fraction of sp³-hybridized carbons (Fsp3) is 0.200. The van der Waals surface area contributed by atoms with Crippen molar-refractivity contribution in [1.82, 2.24) is 5.32 Å². The second kappa shape index (κ2) is 8.31. The number of oxime groups is 1.